The van der Waals surface area contributed by atoms with E-state index in [1.165, 1.54) is 5.56 Å². The Balaban J connectivity index is 1.35. The third kappa shape index (κ3) is 4.02. The van der Waals surface area contributed by atoms with Crippen molar-refractivity contribution in [3.63, 3.8) is 0 Å². The molecule has 3 aromatic rings. The van der Waals surface area contributed by atoms with Crippen molar-refractivity contribution in [2.75, 3.05) is 39.8 Å². The van der Waals surface area contributed by atoms with E-state index in [1.54, 1.807) is 6.20 Å². The number of piperazine rings is 1. The Morgan fingerprint density at radius 2 is 1.73 bits per heavy atom. The van der Waals surface area contributed by atoms with Crippen LogP contribution < -0.4 is 0 Å². The molecule has 4 heterocycles. The molecule has 2 aromatic heterocycles. The van der Waals surface area contributed by atoms with Crippen molar-refractivity contribution < 1.29 is 9.59 Å². The predicted octanol–water partition coefficient (Wildman–Crippen LogP) is 3.25. The zero-order valence-electron chi connectivity index (χ0n) is 19.6. The molecule has 0 spiro atoms. The molecule has 0 saturated carbocycles. The average Bonchev–Trinajstić information content (AvgIpc) is 3.44. The lowest BCUT2D eigenvalue weighted by Crippen LogP contribution is -2.47. The number of fused-ring (bicyclic) bond motifs is 1. The van der Waals surface area contributed by atoms with E-state index >= 15 is 0 Å². The minimum absolute atomic E-state index is 0.0345. The summed E-state index contributed by atoms with van der Waals surface area (Å²) in [5.41, 5.74) is 4.41. The number of aryl methyl sites for hydroxylation is 2. The zero-order chi connectivity index (χ0) is 23.1. The fourth-order valence-corrected chi connectivity index (χ4v) is 5.06. The molecule has 7 nitrogen and oxygen atoms in total. The molecule has 0 unspecified atom stereocenters. The Hall–Kier alpha value is -3.19. The molecule has 0 bridgehead atoms. The summed E-state index contributed by atoms with van der Waals surface area (Å²) in [5, 5.41) is 1.08. The van der Waals surface area contributed by atoms with Gasteiger partial charge in [-0.15, -0.1) is 0 Å². The molecule has 2 aliphatic heterocycles. The molecule has 172 valence electrons. The number of hydrogen-bond donors (Lipinski definition) is 0. The van der Waals surface area contributed by atoms with Crippen LogP contribution in [-0.4, -0.2) is 75.8 Å². The normalized spacial score (nSPS) is 19.4. The van der Waals surface area contributed by atoms with Crippen LogP contribution in [-0.2, 0) is 7.05 Å². The number of likely N-dealkylation sites (tertiary alicyclic amines) is 1. The Bertz CT molecular complexity index is 1190. The molecule has 7 heteroatoms. The highest BCUT2D eigenvalue weighted by Crippen LogP contribution is 2.33. The third-order valence-electron chi connectivity index (χ3n) is 7.10. The largest absolute Gasteiger partial charge is 0.340 e. The maximum absolute atomic E-state index is 13.5. The van der Waals surface area contributed by atoms with Gasteiger partial charge < -0.3 is 19.3 Å². The number of aromatic nitrogens is 2. The smallest absolute Gasteiger partial charge is 0.271 e. The SMILES string of the molecule is Cc1ccc2c(c1)cc(C(=O)N1CCC[C@@H]1c1ccc(C(=O)N3CCN(C)CC3)cn1)n2C. The summed E-state index contributed by atoms with van der Waals surface area (Å²) in [6, 6.07) is 12.0. The first kappa shape index (κ1) is 21.6. The van der Waals surface area contributed by atoms with Crippen molar-refractivity contribution in [2.45, 2.75) is 25.8 Å². The van der Waals surface area contributed by atoms with Crippen LogP contribution in [0.4, 0.5) is 0 Å². The summed E-state index contributed by atoms with van der Waals surface area (Å²) in [6.07, 6.45) is 3.51. The highest BCUT2D eigenvalue weighted by atomic mass is 16.2. The van der Waals surface area contributed by atoms with E-state index < -0.39 is 0 Å². The molecule has 2 saturated heterocycles. The van der Waals surface area contributed by atoms with Crippen LogP contribution >= 0.6 is 0 Å². The number of benzene rings is 1. The third-order valence-corrected chi connectivity index (χ3v) is 7.10. The number of likely N-dealkylation sites (N-methyl/N-ethyl adjacent to an activating group) is 1. The molecule has 2 fully saturated rings. The van der Waals surface area contributed by atoms with Crippen molar-refractivity contribution in [3.05, 3.63) is 65.1 Å². The van der Waals surface area contributed by atoms with Crippen LogP contribution in [0.3, 0.4) is 0 Å². The van der Waals surface area contributed by atoms with Crippen LogP contribution in [0, 0.1) is 6.92 Å². The molecule has 33 heavy (non-hydrogen) atoms. The minimum Gasteiger partial charge on any atom is -0.340 e. The second-order valence-electron chi connectivity index (χ2n) is 9.37. The van der Waals surface area contributed by atoms with Crippen LogP contribution in [0.2, 0.25) is 0 Å². The molecule has 1 atom stereocenters. The van der Waals surface area contributed by atoms with Crippen LogP contribution in [0.1, 0.15) is 51.0 Å². The molecule has 0 radical (unpaired) electrons. The second-order valence-corrected chi connectivity index (χ2v) is 9.37. The maximum Gasteiger partial charge on any atom is 0.271 e. The van der Waals surface area contributed by atoms with Crippen molar-refractivity contribution in [1.29, 1.82) is 0 Å². The van der Waals surface area contributed by atoms with Gasteiger partial charge in [0.1, 0.15) is 5.69 Å². The standard InChI is InChI=1S/C26H31N5O2/c1-18-6-9-22-20(15-18)16-24(29(22)3)26(33)31-10-4-5-23(31)21-8-7-19(17-27-21)25(32)30-13-11-28(2)12-14-30/h6-9,15-17,23H,4-5,10-14H2,1-3H3/t23-/m1/s1. The monoisotopic (exact) mass is 445 g/mol. The zero-order valence-corrected chi connectivity index (χ0v) is 19.6. The summed E-state index contributed by atoms with van der Waals surface area (Å²) < 4.78 is 1.98. The molecule has 5 rings (SSSR count). The van der Waals surface area contributed by atoms with Crippen molar-refractivity contribution >= 4 is 22.7 Å². The van der Waals surface area contributed by atoms with E-state index in [-0.39, 0.29) is 17.9 Å². The number of hydrogen-bond acceptors (Lipinski definition) is 4. The predicted molar refractivity (Wildman–Crippen MR) is 128 cm³/mol. The first-order valence-electron chi connectivity index (χ1n) is 11.7. The van der Waals surface area contributed by atoms with Gasteiger partial charge in [0.25, 0.3) is 11.8 Å². The lowest BCUT2D eigenvalue weighted by atomic mass is 10.1. The second kappa shape index (κ2) is 8.63. The van der Waals surface area contributed by atoms with Gasteiger partial charge in [0, 0.05) is 56.9 Å². The maximum atomic E-state index is 13.5. The van der Waals surface area contributed by atoms with Crippen LogP contribution in [0.15, 0.2) is 42.6 Å². The number of amides is 2. The number of rotatable bonds is 3. The Morgan fingerprint density at radius 3 is 2.45 bits per heavy atom. The highest BCUT2D eigenvalue weighted by Gasteiger charge is 2.33. The van der Waals surface area contributed by atoms with Crippen molar-refractivity contribution in [2.24, 2.45) is 7.05 Å². The Kier molecular flexibility index (Phi) is 5.66. The summed E-state index contributed by atoms with van der Waals surface area (Å²) in [5.74, 6) is 0.0699. The first-order chi connectivity index (χ1) is 15.9. The van der Waals surface area contributed by atoms with Gasteiger partial charge in [0.05, 0.1) is 17.3 Å². The van der Waals surface area contributed by atoms with Gasteiger partial charge in [-0.05, 0) is 57.1 Å². The molecule has 1 aromatic carbocycles. The molecular weight excluding hydrogens is 414 g/mol. The van der Waals surface area contributed by atoms with Gasteiger partial charge in [-0.25, -0.2) is 0 Å². The summed E-state index contributed by atoms with van der Waals surface area (Å²) in [7, 11) is 4.03. The molecule has 2 aliphatic rings. The van der Waals surface area contributed by atoms with Gasteiger partial charge in [-0.1, -0.05) is 11.6 Å². The highest BCUT2D eigenvalue weighted by molar-refractivity contribution is 5.99. The van der Waals surface area contributed by atoms with E-state index in [9.17, 15) is 9.59 Å². The lowest BCUT2D eigenvalue weighted by molar-refractivity contribution is 0.0661. The van der Waals surface area contributed by atoms with Gasteiger partial charge in [0.15, 0.2) is 0 Å². The molecule has 0 N–H and O–H groups in total. The minimum atomic E-state index is -0.0648. The fraction of sp³-hybridized carbons (Fsp3) is 0.423. The summed E-state index contributed by atoms with van der Waals surface area (Å²) in [6.45, 7) is 6.05. The Labute approximate surface area is 194 Å². The number of carbonyl (C=O) groups is 2. The van der Waals surface area contributed by atoms with E-state index in [0.29, 0.717) is 17.8 Å². The van der Waals surface area contributed by atoms with Crippen molar-refractivity contribution in [3.8, 4) is 0 Å². The number of pyridine rings is 1. The average molecular weight is 446 g/mol. The lowest BCUT2D eigenvalue weighted by Gasteiger charge is -2.32. The van der Waals surface area contributed by atoms with E-state index in [4.69, 9.17) is 0 Å². The number of nitrogens with zero attached hydrogens (tertiary/aromatic N) is 5. The Morgan fingerprint density at radius 1 is 0.939 bits per heavy atom. The van der Waals surface area contributed by atoms with Gasteiger partial charge in [-0.2, -0.15) is 0 Å². The molecular formula is C26H31N5O2. The van der Waals surface area contributed by atoms with Crippen LogP contribution in [0.5, 0.6) is 0 Å². The van der Waals surface area contributed by atoms with E-state index in [0.717, 1.165) is 55.6 Å². The topological polar surface area (TPSA) is 61.7 Å². The van der Waals surface area contributed by atoms with E-state index in [1.807, 2.05) is 39.6 Å². The fourth-order valence-electron chi connectivity index (χ4n) is 5.06. The first-order valence-corrected chi connectivity index (χ1v) is 11.7. The summed E-state index contributed by atoms with van der Waals surface area (Å²) in [4.78, 5) is 37.1. The molecule has 0 aliphatic carbocycles. The quantitative estimate of drug-likeness (QED) is 0.621. The summed E-state index contributed by atoms with van der Waals surface area (Å²) >= 11 is 0. The van der Waals surface area contributed by atoms with Gasteiger partial charge in [0.2, 0.25) is 0 Å². The number of carbonyl (C=O) groups excluding carboxylic acids is 2. The van der Waals surface area contributed by atoms with Gasteiger partial charge in [-0.3, -0.25) is 14.6 Å². The van der Waals surface area contributed by atoms with Crippen LogP contribution in [0.25, 0.3) is 10.9 Å². The van der Waals surface area contributed by atoms with Crippen molar-refractivity contribution in [1.82, 2.24) is 24.3 Å². The van der Waals surface area contributed by atoms with Gasteiger partial charge >= 0.3 is 0 Å². The van der Waals surface area contributed by atoms with E-state index in [2.05, 4.69) is 42.1 Å². The molecule has 2 amide bonds.